The van der Waals surface area contributed by atoms with Crippen LogP contribution in [0.2, 0.25) is 0 Å². The Kier molecular flexibility index (Phi) is 7.75. The van der Waals surface area contributed by atoms with Crippen molar-refractivity contribution in [1.82, 2.24) is 9.71 Å². The van der Waals surface area contributed by atoms with Crippen LogP contribution in [0.15, 0.2) is 58.8 Å². The maximum absolute atomic E-state index is 12.6. The molecule has 3 rings (SSSR count). The Morgan fingerprint density at radius 3 is 2.58 bits per heavy atom. The third kappa shape index (κ3) is 5.88. The minimum Gasteiger partial charge on any atom is -0.493 e. The van der Waals surface area contributed by atoms with Gasteiger partial charge in [0.1, 0.15) is 5.75 Å². The molecule has 0 fully saturated rings. The second-order valence-corrected chi connectivity index (χ2v) is 8.96. The number of hydrogen-bond donors (Lipinski definition) is 2. The number of benzene rings is 2. The number of aromatic nitrogens is 1. The normalized spacial score (nSPS) is 11.3. The molecule has 0 radical (unpaired) electrons. The van der Waals surface area contributed by atoms with Gasteiger partial charge in [0.15, 0.2) is 5.13 Å². The fraction of sp³-hybridized carbons (Fsp3) is 0.238. The molecule has 1 aromatic heterocycles. The van der Waals surface area contributed by atoms with E-state index in [9.17, 15) is 13.2 Å². The zero-order chi connectivity index (χ0) is 22.3. The molecule has 31 heavy (non-hydrogen) atoms. The summed E-state index contributed by atoms with van der Waals surface area (Å²) in [5.41, 5.74) is 1.87. The van der Waals surface area contributed by atoms with Crippen molar-refractivity contribution in [2.45, 2.75) is 11.8 Å². The number of carbonyl (C=O) groups is 1. The van der Waals surface area contributed by atoms with Crippen molar-refractivity contribution in [2.24, 2.45) is 0 Å². The standard InChI is InChI=1S/C21H23N3O5S2/c1-3-29-19-7-5-4-6-17(19)18-14-30-21(23-18)24-20(25)15-8-10-16(11-9-15)31(26,27)22-12-13-28-2/h4-11,14,22H,3,12-13H2,1-2H3,(H,23,24,25). The number of sulfonamides is 1. The molecule has 164 valence electrons. The summed E-state index contributed by atoms with van der Waals surface area (Å²) in [5, 5.41) is 5.02. The van der Waals surface area contributed by atoms with Crippen molar-refractivity contribution in [3.63, 3.8) is 0 Å². The average molecular weight is 462 g/mol. The van der Waals surface area contributed by atoms with Gasteiger partial charge in [-0.15, -0.1) is 11.3 Å². The van der Waals surface area contributed by atoms with Crippen molar-refractivity contribution in [2.75, 3.05) is 32.2 Å². The molecular weight excluding hydrogens is 438 g/mol. The summed E-state index contributed by atoms with van der Waals surface area (Å²) in [5.74, 6) is 0.347. The molecule has 0 aliphatic heterocycles. The molecule has 3 aromatic rings. The first-order valence-electron chi connectivity index (χ1n) is 9.52. The number of nitrogens with zero attached hydrogens (tertiary/aromatic N) is 1. The lowest BCUT2D eigenvalue weighted by molar-refractivity contribution is 0.102. The number of para-hydroxylation sites is 1. The second kappa shape index (κ2) is 10.5. The number of ether oxygens (including phenoxy) is 2. The minimum atomic E-state index is -3.65. The van der Waals surface area contributed by atoms with E-state index < -0.39 is 10.0 Å². The molecule has 0 bridgehead atoms. The van der Waals surface area contributed by atoms with Gasteiger partial charge in [0.2, 0.25) is 10.0 Å². The SMILES string of the molecule is CCOc1ccccc1-c1csc(NC(=O)c2ccc(S(=O)(=O)NCCOC)cc2)n1. The molecule has 2 aromatic carbocycles. The van der Waals surface area contributed by atoms with Crippen LogP contribution in [-0.2, 0) is 14.8 Å². The molecule has 0 saturated carbocycles. The smallest absolute Gasteiger partial charge is 0.257 e. The lowest BCUT2D eigenvalue weighted by Crippen LogP contribution is -2.27. The lowest BCUT2D eigenvalue weighted by Gasteiger charge is -2.08. The highest BCUT2D eigenvalue weighted by Gasteiger charge is 2.16. The predicted molar refractivity (Wildman–Crippen MR) is 120 cm³/mol. The first kappa shape index (κ1) is 22.9. The Hall–Kier alpha value is -2.79. The Morgan fingerprint density at radius 1 is 1.13 bits per heavy atom. The van der Waals surface area contributed by atoms with Crippen LogP contribution in [0.1, 0.15) is 17.3 Å². The summed E-state index contributed by atoms with van der Waals surface area (Å²) in [4.78, 5) is 17.1. The van der Waals surface area contributed by atoms with Gasteiger partial charge < -0.3 is 9.47 Å². The number of rotatable bonds is 10. The Labute approximate surface area is 185 Å². The van der Waals surface area contributed by atoms with Crippen molar-refractivity contribution >= 4 is 32.4 Å². The zero-order valence-electron chi connectivity index (χ0n) is 17.1. The first-order chi connectivity index (χ1) is 14.9. The summed E-state index contributed by atoms with van der Waals surface area (Å²) in [7, 11) is -2.16. The molecule has 1 amide bonds. The van der Waals surface area contributed by atoms with Crippen LogP contribution < -0.4 is 14.8 Å². The predicted octanol–water partition coefficient (Wildman–Crippen LogP) is 3.39. The fourth-order valence-corrected chi connectivity index (χ4v) is 4.45. The van der Waals surface area contributed by atoms with Crippen LogP contribution in [0.25, 0.3) is 11.3 Å². The van der Waals surface area contributed by atoms with Gasteiger partial charge in [0, 0.05) is 30.2 Å². The number of thiazole rings is 1. The topological polar surface area (TPSA) is 107 Å². The van der Waals surface area contributed by atoms with E-state index in [-0.39, 0.29) is 24.0 Å². The highest BCUT2D eigenvalue weighted by Crippen LogP contribution is 2.32. The third-order valence-electron chi connectivity index (χ3n) is 4.21. The van der Waals surface area contributed by atoms with Crippen LogP contribution in [0.3, 0.4) is 0 Å². The molecule has 1 heterocycles. The molecule has 10 heteroatoms. The summed E-state index contributed by atoms with van der Waals surface area (Å²) in [6, 6.07) is 13.3. The largest absolute Gasteiger partial charge is 0.493 e. The Morgan fingerprint density at radius 2 is 1.87 bits per heavy atom. The summed E-state index contributed by atoms with van der Waals surface area (Å²) in [6.07, 6.45) is 0. The summed E-state index contributed by atoms with van der Waals surface area (Å²) < 4.78 is 37.3. The quantitative estimate of drug-likeness (QED) is 0.448. The van der Waals surface area contributed by atoms with E-state index >= 15 is 0 Å². The van der Waals surface area contributed by atoms with Gasteiger partial charge in [-0.1, -0.05) is 12.1 Å². The van der Waals surface area contributed by atoms with E-state index in [0.29, 0.717) is 23.0 Å². The molecule has 0 saturated heterocycles. The van der Waals surface area contributed by atoms with Gasteiger partial charge in [-0.2, -0.15) is 0 Å². The van der Waals surface area contributed by atoms with Crippen molar-refractivity contribution in [1.29, 1.82) is 0 Å². The van der Waals surface area contributed by atoms with Crippen molar-refractivity contribution in [3.8, 4) is 17.0 Å². The summed E-state index contributed by atoms with van der Waals surface area (Å²) >= 11 is 1.30. The average Bonchev–Trinajstić information content (AvgIpc) is 3.23. The van der Waals surface area contributed by atoms with Crippen molar-refractivity contribution in [3.05, 3.63) is 59.5 Å². The molecule has 0 spiro atoms. The van der Waals surface area contributed by atoms with E-state index in [2.05, 4.69) is 15.0 Å². The van der Waals surface area contributed by atoms with Gasteiger partial charge in [-0.25, -0.2) is 18.1 Å². The van der Waals surface area contributed by atoms with Gasteiger partial charge in [-0.3, -0.25) is 10.1 Å². The molecule has 0 unspecified atom stereocenters. The number of carbonyl (C=O) groups excluding carboxylic acids is 1. The number of methoxy groups -OCH3 is 1. The molecule has 0 aliphatic carbocycles. The summed E-state index contributed by atoms with van der Waals surface area (Å²) in [6.45, 7) is 2.89. The highest BCUT2D eigenvalue weighted by molar-refractivity contribution is 7.89. The molecular formula is C21H23N3O5S2. The third-order valence-corrected chi connectivity index (χ3v) is 6.45. The lowest BCUT2D eigenvalue weighted by atomic mass is 10.1. The fourth-order valence-electron chi connectivity index (χ4n) is 2.73. The maximum atomic E-state index is 12.6. The molecule has 0 aliphatic rings. The number of nitrogens with one attached hydrogen (secondary N) is 2. The van der Waals surface area contributed by atoms with Crippen LogP contribution in [0.4, 0.5) is 5.13 Å². The van der Waals surface area contributed by atoms with Crippen LogP contribution in [-0.4, -0.2) is 46.2 Å². The Bertz CT molecular complexity index is 1130. The van der Waals surface area contributed by atoms with E-state index in [1.807, 2.05) is 36.6 Å². The molecule has 0 atom stereocenters. The Balaban J connectivity index is 1.69. The number of hydrogen-bond acceptors (Lipinski definition) is 7. The molecule has 8 nitrogen and oxygen atoms in total. The molecule has 2 N–H and O–H groups in total. The van der Waals surface area contributed by atoms with Gasteiger partial charge in [-0.05, 0) is 43.3 Å². The van der Waals surface area contributed by atoms with E-state index in [0.717, 1.165) is 11.3 Å². The van der Waals surface area contributed by atoms with Gasteiger partial charge in [0.05, 0.1) is 23.8 Å². The zero-order valence-corrected chi connectivity index (χ0v) is 18.8. The minimum absolute atomic E-state index is 0.0734. The van der Waals surface area contributed by atoms with Crippen LogP contribution >= 0.6 is 11.3 Å². The van der Waals surface area contributed by atoms with Crippen LogP contribution in [0, 0.1) is 0 Å². The second-order valence-electron chi connectivity index (χ2n) is 6.34. The van der Waals surface area contributed by atoms with Gasteiger partial charge >= 0.3 is 0 Å². The maximum Gasteiger partial charge on any atom is 0.257 e. The first-order valence-corrected chi connectivity index (χ1v) is 11.9. The van der Waals surface area contributed by atoms with E-state index in [4.69, 9.17) is 9.47 Å². The van der Waals surface area contributed by atoms with Crippen molar-refractivity contribution < 1.29 is 22.7 Å². The van der Waals surface area contributed by atoms with E-state index in [1.54, 1.807) is 0 Å². The number of amides is 1. The van der Waals surface area contributed by atoms with E-state index in [1.165, 1.54) is 42.7 Å². The monoisotopic (exact) mass is 461 g/mol. The van der Waals surface area contributed by atoms with Gasteiger partial charge in [0.25, 0.3) is 5.91 Å². The highest BCUT2D eigenvalue weighted by atomic mass is 32.2. The van der Waals surface area contributed by atoms with Crippen LogP contribution in [0.5, 0.6) is 5.75 Å². The number of anilines is 1.